The fourth-order valence-electron chi connectivity index (χ4n) is 2.04. The largest absolute Gasteiger partial charge is 0.493 e. The Bertz CT molecular complexity index is 707. The molecule has 0 saturated heterocycles. The number of hydrogen-bond donors (Lipinski definition) is 1. The molecule has 1 N–H and O–H groups in total. The van der Waals surface area contributed by atoms with E-state index in [1.165, 1.54) is 11.8 Å². The molecule has 1 heterocycles. The summed E-state index contributed by atoms with van der Waals surface area (Å²) in [6, 6.07) is 5.52. The maximum absolute atomic E-state index is 12.3. The van der Waals surface area contributed by atoms with Gasteiger partial charge in [0.05, 0.1) is 25.5 Å². The summed E-state index contributed by atoms with van der Waals surface area (Å²) >= 11 is 1.44. The molecule has 0 fully saturated rings. The van der Waals surface area contributed by atoms with Crippen LogP contribution in [0.15, 0.2) is 29.6 Å². The van der Waals surface area contributed by atoms with Crippen molar-refractivity contribution in [3.8, 4) is 11.5 Å². The van der Waals surface area contributed by atoms with Crippen molar-refractivity contribution in [2.45, 2.75) is 18.6 Å². The molecule has 2 aromatic rings. The van der Waals surface area contributed by atoms with Crippen LogP contribution in [0.3, 0.4) is 0 Å². The van der Waals surface area contributed by atoms with Gasteiger partial charge < -0.3 is 14.8 Å². The number of amides is 1. The van der Waals surface area contributed by atoms with Crippen LogP contribution in [0.1, 0.15) is 21.6 Å². The molecule has 1 amide bonds. The fourth-order valence-corrected chi connectivity index (χ4v) is 2.42. The quantitative estimate of drug-likeness (QED) is 0.647. The number of nitrogens with zero attached hydrogens (tertiary/aromatic N) is 2. The first-order chi connectivity index (χ1) is 11.1. The molecular weight excluding hydrogens is 314 g/mol. The highest BCUT2D eigenvalue weighted by Gasteiger charge is 2.12. The van der Waals surface area contributed by atoms with E-state index in [2.05, 4.69) is 15.3 Å². The second-order valence-electron chi connectivity index (χ2n) is 4.73. The van der Waals surface area contributed by atoms with Crippen molar-refractivity contribution in [3.63, 3.8) is 0 Å². The molecule has 0 aliphatic rings. The Hall–Kier alpha value is -2.28. The zero-order valence-electron chi connectivity index (χ0n) is 13.5. The summed E-state index contributed by atoms with van der Waals surface area (Å²) in [7, 11) is 3.16. The number of ether oxygens (including phenoxy) is 2. The summed E-state index contributed by atoms with van der Waals surface area (Å²) in [5, 5.41) is 3.51. The molecule has 6 nitrogen and oxygen atoms in total. The molecular formula is C16H19N3O3S. The highest BCUT2D eigenvalue weighted by Crippen LogP contribution is 2.27. The molecule has 1 aromatic carbocycles. The molecule has 0 radical (unpaired) electrons. The van der Waals surface area contributed by atoms with Crippen molar-refractivity contribution in [1.29, 1.82) is 0 Å². The van der Waals surface area contributed by atoms with Crippen LogP contribution in [0, 0.1) is 6.92 Å². The monoisotopic (exact) mass is 333 g/mol. The highest BCUT2D eigenvalue weighted by atomic mass is 32.2. The van der Waals surface area contributed by atoms with E-state index in [9.17, 15) is 4.79 Å². The maximum atomic E-state index is 12.3. The van der Waals surface area contributed by atoms with E-state index in [1.54, 1.807) is 27.3 Å². The Morgan fingerprint density at radius 1 is 1.26 bits per heavy atom. The van der Waals surface area contributed by atoms with Crippen LogP contribution in [-0.2, 0) is 6.54 Å². The molecule has 0 saturated carbocycles. The van der Waals surface area contributed by atoms with Crippen molar-refractivity contribution >= 4 is 17.7 Å². The zero-order chi connectivity index (χ0) is 16.8. The fraction of sp³-hybridized carbons (Fsp3) is 0.312. The van der Waals surface area contributed by atoms with E-state index in [4.69, 9.17) is 9.47 Å². The normalized spacial score (nSPS) is 10.3. The third-order valence-electron chi connectivity index (χ3n) is 3.29. The predicted molar refractivity (Wildman–Crippen MR) is 89.3 cm³/mol. The van der Waals surface area contributed by atoms with Crippen molar-refractivity contribution in [3.05, 3.63) is 41.2 Å². The lowest BCUT2D eigenvalue weighted by Gasteiger charge is -2.11. The second kappa shape index (κ2) is 7.82. The smallest absolute Gasteiger partial charge is 0.254 e. The average molecular weight is 333 g/mol. The topological polar surface area (TPSA) is 73.3 Å². The Labute approximate surface area is 139 Å². The van der Waals surface area contributed by atoms with Crippen molar-refractivity contribution in [2.24, 2.45) is 0 Å². The van der Waals surface area contributed by atoms with Crippen LogP contribution in [0.5, 0.6) is 11.5 Å². The summed E-state index contributed by atoms with van der Waals surface area (Å²) in [5.41, 5.74) is 2.05. The molecule has 23 heavy (non-hydrogen) atoms. The molecule has 0 aliphatic carbocycles. The number of aromatic nitrogens is 2. The first-order valence-corrected chi connectivity index (χ1v) is 8.18. The van der Waals surface area contributed by atoms with E-state index in [-0.39, 0.29) is 5.91 Å². The van der Waals surface area contributed by atoms with Crippen LogP contribution in [0.25, 0.3) is 0 Å². The van der Waals surface area contributed by atoms with Gasteiger partial charge in [-0.2, -0.15) is 0 Å². The van der Waals surface area contributed by atoms with Gasteiger partial charge in [0.2, 0.25) is 0 Å². The standard InChI is InChI=1S/C16H19N3O3S/c1-10-12(9-18-16(19-10)23-4)15(20)17-8-11-5-6-13(21-2)14(7-11)22-3/h5-7,9H,8H2,1-4H3,(H,17,20). The third-order valence-corrected chi connectivity index (χ3v) is 3.85. The maximum Gasteiger partial charge on any atom is 0.254 e. The summed E-state index contributed by atoms with van der Waals surface area (Å²) < 4.78 is 10.4. The zero-order valence-corrected chi connectivity index (χ0v) is 14.4. The van der Waals surface area contributed by atoms with Gasteiger partial charge in [-0.1, -0.05) is 17.8 Å². The van der Waals surface area contributed by atoms with Gasteiger partial charge in [0.1, 0.15) is 0 Å². The molecule has 0 aliphatic heterocycles. The number of benzene rings is 1. The minimum Gasteiger partial charge on any atom is -0.493 e. The molecule has 0 atom stereocenters. The van der Waals surface area contributed by atoms with Crippen LogP contribution < -0.4 is 14.8 Å². The van der Waals surface area contributed by atoms with Gasteiger partial charge in [0.25, 0.3) is 5.91 Å². The number of thioether (sulfide) groups is 1. The molecule has 2 rings (SSSR count). The number of hydrogen-bond acceptors (Lipinski definition) is 6. The SMILES string of the molecule is COc1ccc(CNC(=O)c2cnc(SC)nc2C)cc1OC. The summed E-state index contributed by atoms with van der Waals surface area (Å²) in [6.07, 6.45) is 3.45. The number of carbonyl (C=O) groups excluding carboxylic acids is 1. The van der Waals surface area contributed by atoms with Crippen LogP contribution >= 0.6 is 11.8 Å². The van der Waals surface area contributed by atoms with Crippen molar-refractivity contribution in [1.82, 2.24) is 15.3 Å². The van der Waals surface area contributed by atoms with Crippen molar-refractivity contribution < 1.29 is 14.3 Å². The van der Waals surface area contributed by atoms with Crippen LogP contribution in [0.2, 0.25) is 0 Å². The lowest BCUT2D eigenvalue weighted by atomic mass is 10.2. The minimum absolute atomic E-state index is 0.204. The Morgan fingerprint density at radius 2 is 2.00 bits per heavy atom. The van der Waals surface area contributed by atoms with E-state index in [0.29, 0.717) is 34.5 Å². The van der Waals surface area contributed by atoms with E-state index >= 15 is 0 Å². The highest BCUT2D eigenvalue weighted by molar-refractivity contribution is 7.98. The molecule has 0 spiro atoms. The summed E-state index contributed by atoms with van der Waals surface area (Å²) in [6.45, 7) is 2.18. The second-order valence-corrected chi connectivity index (χ2v) is 5.50. The molecule has 0 bridgehead atoms. The van der Waals surface area contributed by atoms with Crippen molar-refractivity contribution in [2.75, 3.05) is 20.5 Å². The Morgan fingerprint density at radius 3 is 2.61 bits per heavy atom. The van der Waals surface area contributed by atoms with Gasteiger partial charge in [-0.3, -0.25) is 4.79 Å². The van der Waals surface area contributed by atoms with Gasteiger partial charge >= 0.3 is 0 Å². The third kappa shape index (κ3) is 4.13. The average Bonchev–Trinajstić information content (AvgIpc) is 2.59. The van der Waals surface area contributed by atoms with Gasteiger partial charge in [-0.05, 0) is 30.9 Å². The number of methoxy groups -OCH3 is 2. The molecule has 122 valence electrons. The molecule has 7 heteroatoms. The Kier molecular flexibility index (Phi) is 5.81. The molecule has 1 aromatic heterocycles. The number of rotatable bonds is 6. The van der Waals surface area contributed by atoms with Gasteiger partial charge in [0, 0.05) is 12.7 Å². The lowest BCUT2D eigenvalue weighted by Crippen LogP contribution is -2.24. The van der Waals surface area contributed by atoms with Crippen LogP contribution in [0.4, 0.5) is 0 Å². The number of nitrogens with one attached hydrogen (secondary N) is 1. The molecule has 0 unspecified atom stereocenters. The van der Waals surface area contributed by atoms with E-state index in [1.807, 2.05) is 24.5 Å². The van der Waals surface area contributed by atoms with Gasteiger partial charge in [-0.15, -0.1) is 0 Å². The van der Waals surface area contributed by atoms with Gasteiger partial charge in [0.15, 0.2) is 16.7 Å². The summed E-state index contributed by atoms with van der Waals surface area (Å²) in [5.74, 6) is 1.08. The first-order valence-electron chi connectivity index (χ1n) is 6.95. The number of aryl methyl sites for hydroxylation is 1. The lowest BCUT2D eigenvalue weighted by molar-refractivity contribution is 0.0949. The van der Waals surface area contributed by atoms with E-state index < -0.39 is 0 Å². The Balaban J connectivity index is 2.07. The predicted octanol–water partition coefficient (Wildman–Crippen LogP) is 2.45. The van der Waals surface area contributed by atoms with Gasteiger partial charge in [-0.25, -0.2) is 9.97 Å². The van der Waals surface area contributed by atoms with E-state index in [0.717, 1.165) is 5.56 Å². The number of carbonyl (C=O) groups is 1. The summed E-state index contributed by atoms with van der Waals surface area (Å²) in [4.78, 5) is 20.7. The first kappa shape index (κ1) is 17.1. The minimum atomic E-state index is -0.204. The van der Waals surface area contributed by atoms with Crippen LogP contribution in [-0.4, -0.2) is 36.4 Å².